The number of aromatic nitrogens is 1. The standard InChI is InChI=1S/C46H35F3N6O6S/c47-46(48,49)27-4-1-3-26(19-27)37-16-17-38-42(53-37)55(30-5-2-18-54(38)24-30)45(60)52-28-8-6-25(7-9-28)23-50-44(62)51-29-10-13-33(36(20-29)43(58)59)41-34-14-11-31(56)21-39(34)61-40-22-32(57)12-15-35(40)41/h1,3-4,6-17,19-22,30,56H,2,5,18,23-24H2,(H,52,60)(H,58,59)(H2,50,51,62)/t30-/m0/s1. The number of carbonyl (C=O) groups is 2. The van der Waals surface area contributed by atoms with E-state index in [1.165, 1.54) is 36.4 Å². The lowest BCUT2D eigenvalue weighted by Gasteiger charge is -2.45. The largest absolute Gasteiger partial charge is 0.508 e. The van der Waals surface area contributed by atoms with E-state index in [-0.39, 0.29) is 39.2 Å². The molecule has 2 amide bonds. The zero-order chi connectivity index (χ0) is 43.3. The number of fused-ring (bicyclic) bond motifs is 6. The number of phenolic OH excluding ortho intramolecular Hbond substituents is 1. The first kappa shape index (κ1) is 40.0. The molecule has 16 heteroatoms. The molecule has 4 aromatic carbocycles. The number of urea groups is 1. The topological polar surface area (TPSA) is 160 Å². The van der Waals surface area contributed by atoms with Crippen molar-refractivity contribution in [2.24, 2.45) is 0 Å². The van der Waals surface area contributed by atoms with E-state index >= 15 is 0 Å². The van der Waals surface area contributed by atoms with E-state index in [9.17, 15) is 37.8 Å². The molecule has 1 atom stereocenters. The zero-order valence-electron chi connectivity index (χ0n) is 32.5. The third-order valence-corrected chi connectivity index (χ3v) is 11.2. The number of piperidine rings is 1. The first-order valence-corrected chi connectivity index (χ1v) is 19.9. The van der Waals surface area contributed by atoms with Crippen molar-refractivity contribution in [2.45, 2.75) is 31.6 Å². The molecule has 62 heavy (non-hydrogen) atoms. The molecule has 0 radical (unpaired) electrons. The van der Waals surface area contributed by atoms with Gasteiger partial charge in [0.25, 0.3) is 0 Å². The van der Waals surface area contributed by atoms with Crippen molar-refractivity contribution in [3.8, 4) is 39.5 Å². The normalized spacial score (nSPS) is 14.7. The fraction of sp³-hybridized carbons (Fsp3) is 0.152. The zero-order valence-corrected chi connectivity index (χ0v) is 33.3. The van der Waals surface area contributed by atoms with Crippen molar-refractivity contribution in [1.82, 2.24) is 10.3 Å². The number of aromatic carboxylic acids is 1. The third-order valence-electron chi connectivity index (χ3n) is 11.0. The molecule has 0 saturated carbocycles. The number of alkyl halides is 3. The highest BCUT2D eigenvalue weighted by Crippen LogP contribution is 2.43. The lowest BCUT2D eigenvalue weighted by Crippen LogP contribution is -2.56. The number of aromatic hydroxyl groups is 1. The molecule has 1 aliphatic carbocycles. The number of halogens is 3. The van der Waals surface area contributed by atoms with E-state index in [0.717, 1.165) is 42.8 Å². The Kier molecular flexibility index (Phi) is 10.2. The molecule has 1 fully saturated rings. The average molecular weight is 857 g/mol. The summed E-state index contributed by atoms with van der Waals surface area (Å²) in [4.78, 5) is 47.3. The second kappa shape index (κ2) is 15.9. The van der Waals surface area contributed by atoms with Gasteiger partial charge < -0.3 is 35.5 Å². The highest BCUT2D eigenvalue weighted by Gasteiger charge is 2.39. The number of thiocarbonyl (C=S) groups is 1. The average Bonchev–Trinajstić information content (AvgIpc) is 3.25. The fourth-order valence-electron chi connectivity index (χ4n) is 8.11. The molecular weight excluding hydrogens is 822 g/mol. The molecule has 4 heterocycles. The van der Waals surface area contributed by atoms with Crippen LogP contribution in [0.4, 0.5) is 40.8 Å². The summed E-state index contributed by atoms with van der Waals surface area (Å²) in [6, 6.07) is 28.6. The Hall–Kier alpha value is -7.46. The molecule has 0 unspecified atom stereocenters. The predicted molar refractivity (Wildman–Crippen MR) is 234 cm³/mol. The molecule has 1 saturated heterocycles. The van der Waals surface area contributed by atoms with Crippen molar-refractivity contribution in [1.29, 1.82) is 0 Å². The molecule has 5 aromatic rings. The summed E-state index contributed by atoms with van der Waals surface area (Å²) in [7, 11) is 0. The van der Waals surface area contributed by atoms with Crippen molar-refractivity contribution in [3.63, 3.8) is 0 Å². The quantitative estimate of drug-likeness (QED) is 0.0768. The van der Waals surface area contributed by atoms with Crippen molar-refractivity contribution in [2.75, 3.05) is 33.5 Å². The molecule has 2 bridgehead atoms. The van der Waals surface area contributed by atoms with Gasteiger partial charge in [0.1, 0.15) is 17.1 Å². The van der Waals surface area contributed by atoms with Gasteiger partial charge >= 0.3 is 18.2 Å². The van der Waals surface area contributed by atoms with E-state index in [1.807, 2.05) is 18.2 Å². The smallest absolute Gasteiger partial charge is 0.416 e. The van der Waals surface area contributed by atoms with E-state index in [1.54, 1.807) is 53.4 Å². The van der Waals surface area contributed by atoms with Gasteiger partial charge in [-0.25, -0.2) is 14.6 Å². The van der Waals surface area contributed by atoms with Crippen molar-refractivity contribution < 1.29 is 37.4 Å². The first-order chi connectivity index (χ1) is 29.8. The van der Waals surface area contributed by atoms with Gasteiger partial charge in [0.05, 0.1) is 28.6 Å². The Labute approximate surface area is 356 Å². The van der Waals surface area contributed by atoms with Crippen LogP contribution < -0.4 is 31.2 Å². The Bertz CT molecular complexity index is 2960. The number of benzene rings is 5. The Morgan fingerprint density at radius 1 is 0.887 bits per heavy atom. The summed E-state index contributed by atoms with van der Waals surface area (Å²) in [6.45, 7) is 1.69. The summed E-state index contributed by atoms with van der Waals surface area (Å²) in [5.74, 6) is -0.623. The number of hydrogen-bond donors (Lipinski definition) is 5. The fourth-order valence-corrected chi connectivity index (χ4v) is 8.30. The molecule has 5 N–H and O–H groups in total. The van der Waals surface area contributed by atoms with Crippen LogP contribution in [0.3, 0.4) is 0 Å². The minimum atomic E-state index is -4.51. The van der Waals surface area contributed by atoms with Crippen LogP contribution in [-0.4, -0.2) is 51.4 Å². The second-order valence-electron chi connectivity index (χ2n) is 15.0. The minimum absolute atomic E-state index is 0.0377. The van der Waals surface area contributed by atoms with Gasteiger partial charge in [-0.1, -0.05) is 30.3 Å². The predicted octanol–water partition coefficient (Wildman–Crippen LogP) is 9.56. The van der Waals surface area contributed by atoms with Gasteiger partial charge in [0, 0.05) is 65.2 Å². The monoisotopic (exact) mass is 856 g/mol. The Morgan fingerprint density at radius 2 is 1.68 bits per heavy atom. The third kappa shape index (κ3) is 7.83. The molecular formula is C46H35F3N6O6S. The van der Waals surface area contributed by atoms with Crippen molar-refractivity contribution >= 4 is 63.2 Å². The number of carboxylic acid groups (broad SMARTS) is 1. The number of pyridine rings is 1. The van der Waals surface area contributed by atoms with Crippen LogP contribution in [0.2, 0.25) is 0 Å². The maximum atomic E-state index is 14.0. The van der Waals surface area contributed by atoms with Crippen LogP contribution in [0.5, 0.6) is 5.75 Å². The summed E-state index contributed by atoms with van der Waals surface area (Å²) in [6.07, 6.45) is -2.90. The summed E-state index contributed by atoms with van der Waals surface area (Å²) in [5.41, 5.74) is 3.69. The van der Waals surface area contributed by atoms with Gasteiger partial charge in [-0.2, -0.15) is 13.2 Å². The van der Waals surface area contributed by atoms with Gasteiger partial charge in [0.15, 0.2) is 16.4 Å². The summed E-state index contributed by atoms with van der Waals surface area (Å²) < 4.78 is 46.5. The van der Waals surface area contributed by atoms with E-state index in [4.69, 9.17) is 21.6 Å². The van der Waals surface area contributed by atoms with Crippen LogP contribution >= 0.6 is 12.2 Å². The van der Waals surface area contributed by atoms with E-state index < -0.39 is 23.7 Å². The van der Waals surface area contributed by atoms with Crippen LogP contribution in [0.1, 0.15) is 34.3 Å². The number of anilines is 4. The van der Waals surface area contributed by atoms with E-state index in [2.05, 4.69) is 20.9 Å². The number of hydrogen-bond acceptors (Lipinski definition) is 8. The lowest BCUT2D eigenvalue weighted by atomic mass is 9.90. The number of carboxylic acids is 1. The highest BCUT2D eigenvalue weighted by atomic mass is 32.1. The molecule has 12 nitrogen and oxygen atoms in total. The summed E-state index contributed by atoms with van der Waals surface area (Å²) >= 11 is 5.55. The molecule has 0 spiro atoms. The van der Waals surface area contributed by atoms with Crippen molar-refractivity contribution in [3.05, 3.63) is 142 Å². The van der Waals surface area contributed by atoms with Crippen LogP contribution in [0.25, 0.3) is 44.7 Å². The van der Waals surface area contributed by atoms with Gasteiger partial charge in [-0.15, -0.1) is 0 Å². The number of phenols is 1. The van der Waals surface area contributed by atoms with Gasteiger partial charge in [0.2, 0.25) is 0 Å². The maximum Gasteiger partial charge on any atom is 0.416 e. The Morgan fingerprint density at radius 3 is 2.47 bits per heavy atom. The van der Waals surface area contributed by atoms with Crippen LogP contribution in [-0.2, 0) is 12.7 Å². The molecule has 1 aromatic heterocycles. The number of amides is 2. The van der Waals surface area contributed by atoms with E-state index in [0.29, 0.717) is 63.6 Å². The number of nitrogens with one attached hydrogen (secondary N) is 3. The first-order valence-electron chi connectivity index (χ1n) is 19.5. The Balaban J connectivity index is 0.884. The molecule has 312 valence electrons. The minimum Gasteiger partial charge on any atom is -0.508 e. The molecule has 3 aliphatic heterocycles. The lowest BCUT2D eigenvalue weighted by molar-refractivity contribution is -0.137. The van der Waals surface area contributed by atoms with Crippen LogP contribution in [0, 0.1) is 0 Å². The maximum absolute atomic E-state index is 14.0. The molecule has 4 aliphatic rings. The highest BCUT2D eigenvalue weighted by molar-refractivity contribution is 7.80. The number of rotatable bonds is 7. The number of nitrogens with zero attached hydrogens (tertiary/aromatic N) is 3. The summed E-state index contributed by atoms with van der Waals surface area (Å²) in [5, 5.41) is 30.3. The van der Waals surface area contributed by atoms with Crippen LogP contribution in [0.15, 0.2) is 124 Å². The molecule has 9 rings (SSSR count). The van der Waals surface area contributed by atoms with Gasteiger partial charge in [-0.05, 0) is 109 Å². The SMILES string of the molecule is O=C(O)c1cc(NC(=S)NCc2ccc(NC(=O)N3c4nc(-c5cccc(C(F)(F)F)c5)ccc4N4CCC[C@H]3C4)cc2)ccc1-c1c2ccc(=O)cc-2oc2cc(O)ccc12. The number of carbonyl (C=O) groups excluding carboxylic acids is 1. The van der Waals surface area contributed by atoms with Gasteiger partial charge in [-0.3, -0.25) is 9.69 Å². The second-order valence-corrected chi connectivity index (χ2v) is 15.5.